The smallest absolute Gasteiger partial charge is 0.241 e. The van der Waals surface area contributed by atoms with Crippen LogP contribution in [0, 0.1) is 0 Å². The molecule has 0 heterocycles. The highest BCUT2D eigenvalue weighted by Gasteiger charge is 2.14. The molecule has 0 aliphatic rings. The zero-order chi connectivity index (χ0) is 14.4. The second kappa shape index (κ2) is 6.73. The van der Waals surface area contributed by atoms with Crippen molar-refractivity contribution in [1.82, 2.24) is 0 Å². The number of carbonyl (C=O) groups is 1. The Morgan fingerprint density at radius 3 is 2.65 bits per heavy atom. The summed E-state index contributed by atoms with van der Waals surface area (Å²) in [6.07, 6.45) is 0.511. The molecular weight excluding hydrogens is 252 g/mol. The van der Waals surface area contributed by atoms with Gasteiger partial charge in [0.25, 0.3) is 0 Å². The summed E-state index contributed by atoms with van der Waals surface area (Å²) >= 11 is 0. The molecule has 2 aromatic carbocycles. The van der Waals surface area contributed by atoms with E-state index in [4.69, 9.17) is 10.5 Å². The maximum Gasteiger partial charge on any atom is 0.241 e. The number of hydrogen-bond acceptors (Lipinski definition) is 3. The first kappa shape index (κ1) is 14.1. The van der Waals surface area contributed by atoms with E-state index in [1.54, 1.807) is 19.2 Å². The zero-order valence-corrected chi connectivity index (χ0v) is 11.4. The summed E-state index contributed by atoms with van der Waals surface area (Å²) in [4.78, 5) is 12.0. The van der Waals surface area contributed by atoms with Gasteiger partial charge in [-0.2, -0.15) is 0 Å². The summed E-state index contributed by atoms with van der Waals surface area (Å²) in [5.74, 6) is 0.488. The number of methoxy groups -OCH3 is 1. The van der Waals surface area contributed by atoms with Crippen molar-refractivity contribution < 1.29 is 9.53 Å². The number of amides is 1. The Labute approximate surface area is 118 Å². The molecule has 104 valence electrons. The van der Waals surface area contributed by atoms with Crippen molar-refractivity contribution in [1.29, 1.82) is 0 Å². The number of anilines is 1. The summed E-state index contributed by atoms with van der Waals surface area (Å²) in [7, 11) is 1.59. The molecular formula is C16H18N2O2. The van der Waals surface area contributed by atoms with Crippen LogP contribution in [0.1, 0.15) is 5.56 Å². The Morgan fingerprint density at radius 1 is 1.20 bits per heavy atom. The van der Waals surface area contributed by atoms with Crippen LogP contribution in [-0.4, -0.2) is 19.1 Å². The van der Waals surface area contributed by atoms with Gasteiger partial charge < -0.3 is 15.8 Å². The first-order valence-corrected chi connectivity index (χ1v) is 6.43. The van der Waals surface area contributed by atoms with Crippen molar-refractivity contribution in [3.63, 3.8) is 0 Å². The van der Waals surface area contributed by atoms with Gasteiger partial charge in [-0.05, 0) is 24.1 Å². The second-order valence-electron chi connectivity index (χ2n) is 4.52. The Bertz CT molecular complexity index is 570. The number of nitrogens with one attached hydrogen (secondary N) is 1. The van der Waals surface area contributed by atoms with Gasteiger partial charge in [-0.15, -0.1) is 0 Å². The largest absolute Gasteiger partial charge is 0.497 e. The average Bonchev–Trinajstić information content (AvgIpc) is 2.48. The Balaban J connectivity index is 1.97. The van der Waals surface area contributed by atoms with E-state index in [2.05, 4.69) is 5.32 Å². The summed E-state index contributed by atoms with van der Waals surface area (Å²) in [6, 6.07) is 16.3. The molecule has 0 unspecified atom stereocenters. The lowest BCUT2D eigenvalue weighted by atomic mass is 10.1. The van der Waals surface area contributed by atoms with E-state index in [1.165, 1.54) is 0 Å². The fraction of sp³-hybridized carbons (Fsp3) is 0.188. The van der Waals surface area contributed by atoms with E-state index in [-0.39, 0.29) is 5.91 Å². The Kier molecular flexibility index (Phi) is 4.74. The van der Waals surface area contributed by atoms with Gasteiger partial charge in [0.2, 0.25) is 5.91 Å². The van der Waals surface area contributed by atoms with Gasteiger partial charge in [0.05, 0.1) is 13.2 Å². The van der Waals surface area contributed by atoms with Crippen LogP contribution in [0.4, 0.5) is 5.69 Å². The van der Waals surface area contributed by atoms with Crippen molar-refractivity contribution in [3.8, 4) is 5.75 Å². The molecule has 3 N–H and O–H groups in total. The van der Waals surface area contributed by atoms with Gasteiger partial charge in [-0.3, -0.25) is 4.79 Å². The molecule has 4 nitrogen and oxygen atoms in total. The van der Waals surface area contributed by atoms with Gasteiger partial charge in [-0.25, -0.2) is 0 Å². The standard InChI is InChI=1S/C16H18N2O2/c1-20-14-9-5-8-13(11-14)18-16(19)15(17)10-12-6-3-2-4-7-12/h2-9,11,15H,10,17H2,1H3,(H,18,19)/t15-/m1/s1. The summed E-state index contributed by atoms with van der Waals surface area (Å²) in [5.41, 5.74) is 7.65. The Morgan fingerprint density at radius 2 is 1.95 bits per heavy atom. The molecule has 0 saturated heterocycles. The molecule has 20 heavy (non-hydrogen) atoms. The van der Waals surface area contributed by atoms with Gasteiger partial charge in [-0.1, -0.05) is 36.4 Å². The third-order valence-electron chi connectivity index (χ3n) is 2.97. The summed E-state index contributed by atoms with van der Waals surface area (Å²) in [6.45, 7) is 0. The number of nitrogens with two attached hydrogens (primary N) is 1. The van der Waals surface area contributed by atoms with Crippen molar-refractivity contribution in [2.24, 2.45) is 5.73 Å². The van der Waals surface area contributed by atoms with Crippen LogP contribution in [0.3, 0.4) is 0 Å². The van der Waals surface area contributed by atoms with Crippen LogP contribution in [-0.2, 0) is 11.2 Å². The highest BCUT2D eigenvalue weighted by atomic mass is 16.5. The molecule has 0 aliphatic heterocycles. The highest BCUT2D eigenvalue weighted by molar-refractivity contribution is 5.95. The fourth-order valence-corrected chi connectivity index (χ4v) is 1.90. The molecule has 0 fully saturated rings. The van der Waals surface area contributed by atoms with Crippen molar-refractivity contribution >= 4 is 11.6 Å². The van der Waals surface area contributed by atoms with E-state index in [1.807, 2.05) is 42.5 Å². The fourth-order valence-electron chi connectivity index (χ4n) is 1.90. The molecule has 0 bridgehead atoms. The predicted octanol–water partition coefficient (Wildman–Crippen LogP) is 2.20. The van der Waals surface area contributed by atoms with Crippen LogP contribution in [0.5, 0.6) is 5.75 Å². The van der Waals surface area contributed by atoms with Crippen LogP contribution in [0.15, 0.2) is 54.6 Å². The third kappa shape index (κ3) is 3.83. The zero-order valence-electron chi connectivity index (χ0n) is 11.4. The number of hydrogen-bond donors (Lipinski definition) is 2. The molecule has 0 saturated carbocycles. The molecule has 1 atom stereocenters. The van der Waals surface area contributed by atoms with E-state index in [0.29, 0.717) is 17.9 Å². The molecule has 0 radical (unpaired) electrons. The Hall–Kier alpha value is -2.33. The second-order valence-corrected chi connectivity index (χ2v) is 4.52. The predicted molar refractivity (Wildman–Crippen MR) is 79.7 cm³/mol. The first-order chi connectivity index (χ1) is 9.69. The number of benzene rings is 2. The van der Waals surface area contributed by atoms with E-state index >= 15 is 0 Å². The van der Waals surface area contributed by atoms with Crippen molar-refractivity contribution in [3.05, 3.63) is 60.2 Å². The minimum absolute atomic E-state index is 0.206. The summed E-state index contributed by atoms with van der Waals surface area (Å²) in [5, 5.41) is 2.79. The molecule has 4 heteroatoms. The molecule has 0 aliphatic carbocycles. The quantitative estimate of drug-likeness (QED) is 0.875. The van der Waals surface area contributed by atoms with Crippen LogP contribution in [0.2, 0.25) is 0 Å². The van der Waals surface area contributed by atoms with Crippen molar-refractivity contribution in [2.75, 3.05) is 12.4 Å². The van der Waals surface area contributed by atoms with Crippen LogP contribution in [0.25, 0.3) is 0 Å². The number of ether oxygens (including phenoxy) is 1. The lowest BCUT2D eigenvalue weighted by Crippen LogP contribution is -2.37. The monoisotopic (exact) mass is 270 g/mol. The van der Waals surface area contributed by atoms with Crippen LogP contribution < -0.4 is 15.8 Å². The SMILES string of the molecule is COc1cccc(NC(=O)[C@H](N)Cc2ccccc2)c1. The molecule has 0 aromatic heterocycles. The lowest BCUT2D eigenvalue weighted by molar-refractivity contribution is -0.117. The molecule has 1 amide bonds. The van der Waals surface area contributed by atoms with Gasteiger partial charge in [0.1, 0.15) is 5.75 Å². The van der Waals surface area contributed by atoms with Gasteiger partial charge in [0, 0.05) is 11.8 Å². The first-order valence-electron chi connectivity index (χ1n) is 6.43. The maximum atomic E-state index is 12.0. The molecule has 2 aromatic rings. The molecule has 0 spiro atoms. The third-order valence-corrected chi connectivity index (χ3v) is 2.97. The number of rotatable bonds is 5. The van der Waals surface area contributed by atoms with Gasteiger partial charge >= 0.3 is 0 Å². The van der Waals surface area contributed by atoms with Gasteiger partial charge in [0.15, 0.2) is 0 Å². The molecule has 2 rings (SSSR count). The average molecular weight is 270 g/mol. The minimum Gasteiger partial charge on any atom is -0.497 e. The van der Waals surface area contributed by atoms with E-state index in [9.17, 15) is 4.79 Å². The maximum absolute atomic E-state index is 12.0. The topological polar surface area (TPSA) is 64.3 Å². The van der Waals surface area contributed by atoms with E-state index < -0.39 is 6.04 Å². The normalized spacial score (nSPS) is 11.7. The van der Waals surface area contributed by atoms with Crippen LogP contribution >= 0.6 is 0 Å². The van der Waals surface area contributed by atoms with Crippen molar-refractivity contribution in [2.45, 2.75) is 12.5 Å². The number of carbonyl (C=O) groups excluding carboxylic acids is 1. The lowest BCUT2D eigenvalue weighted by Gasteiger charge is -2.13. The van der Waals surface area contributed by atoms with E-state index in [0.717, 1.165) is 5.56 Å². The highest BCUT2D eigenvalue weighted by Crippen LogP contribution is 2.17. The minimum atomic E-state index is -0.580. The summed E-state index contributed by atoms with van der Waals surface area (Å²) < 4.78 is 5.11.